The third kappa shape index (κ3) is 5.99. The van der Waals surface area contributed by atoms with Crippen molar-refractivity contribution in [3.8, 4) is 5.75 Å². The van der Waals surface area contributed by atoms with Crippen LogP contribution in [-0.2, 0) is 27.7 Å². The number of para-hydroxylation sites is 1. The van der Waals surface area contributed by atoms with Gasteiger partial charge in [-0.25, -0.2) is 8.42 Å². The Morgan fingerprint density at radius 2 is 1.70 bits per heavy atom. The smallest absolute Gasteiger partial charge is 0.387 e. The molecule has 30 heavy (non-hydrogen) atoms. The summed E-state index contributed by atoms with van der Waals surface area (Å²) >= 11 is 0. The van der Waals surface area contributed by atoms with E-state index in [0.29, 0.717) is 38.2 Å². The molecule has 0 aliphatic carbocycles. The molecule has 0 bridgehead atoms. The van der Waals surface area contributed by atoms with Gasteiger partial charge in [-0.3, -0.25) is 9.69 Å². The van der Waals surface area contributed by atoms with Crippen molar-refractivity contribution < 1.29 is 26.7 Å². The third-order valence-electron chi connectivity index (χ3n) is 4.99. The fraction of sp³-hybridized carbons (Fsp3) is 0.381. The van der Waals surface area contributed by atoms with Crippen molar-refractivity contribution in [1.82, 2.24) is 9.80 Å². The number of halogens is 2. The van der Waals surface area contributed by atoms with Gasteiger partial charge < -0.3 is 9.64 Å². The summed E-state index contributed by atoms with van der Waals surface area (Å²) in [6, 6.07) is 13.2. The zero-order valence-corrected chi connectivity index (χ0v) is 17.4. The Kier molecular flexibility index (Phi) is 7.04. The quantitative estimate of drug-likeness (QED) is 0.665. The highest BCUT2D eigenvalue weighted by Crippen LogP contribution is 2.23. The topological polar surface area (TPSA) is 66.9 Å². The molecule has 1 aliphatic heterocycles. The summed E-state index contributed by atoms with van der Waals surface area (Å²) in [7, 11) is -3.24. The van der Waals surface area contributed by atoms with Crippen LogP contribution in [0.2, 0.25) is 0 Å². The van der Waals surface area contributed by atoms with E-state index >= 15 is 0 Å². The zero-order valence-electron chi connectivity index (χ0n) is 16.6. The number of hydrogen-bond acceptors (Lipinski definition) is 5. The first kappa shape index (κ1) is 22.2. The minimum atomic E-state index is -3.24. The minimum Gasteiger partial charge on any atom is -0.434 e. The molecule has 1 saturated heterocycles. The number of ether oxygens (including phenoxy) is 1. The van der Waals surface area contributed by atoms with Gasteiger partial charge in [0.25, 0.3) is 0 Å². The van der Waals surface area contributed by atoms with Crippen LogP contribution in [0.4, 0.5) is 8.78 Å². The SMILES string of the molecule is CS(=O)(=O)c1ccc(CN2CCC(=O)N(Cc3ccccc3OC(F)F)CC2)cc1. The Balaban J connectivity index is 1.63. The highest BCUT2D eigenvalue weighted by atomic mass is 32.2. The predicted octanol–water partition coefficient (Wildman–Crippen LogP) is 2.93. The van der Waals surface area contributed by atoms with Crippen LogP contribution < -0.4 is 4.74 Å². The highest BCUT2D eigenvalue weighted by molar-refractivity contribution is 7.90. The average Bonchev–Trinajstić information content (AvgIpc) is 2.85. The van der Waals surface area contributed by atoms with Crippen LogP contribution >= 0.6 is 0 Å². The fourth-order valence-electron chi connectivity index (χ4n) is 3.39. The molecule has 0 radical (unpaired) electrons. The molecular formula is C21H24F2N2O4S. The number of hydrogen-bond donors (Lipinski definition) is 0. The van der Waals surface area contributed by atoms with E-state index in [0.717, 1.165) is 5.56 Å². The van der Waals surface area contributed by atoms with E-state index in [9.17, 15) is 22.0 Å². The van der Waals surface area contributed by atoms with Crippen LogP contribution in [0.5, 0.6) is 5.75 Å². The maximum absolute atomic E-state index is 12.6. The Hall–Kier alpha value is -2.52. The lowest BCUT2D eigenvalue weighted by atomic mass is 10.2. The molecular weight excluding hydrogens is 414 g/mol. The van der Waals surface area contributed by atoms with Crippen LogP contribution in [-0.4, -0.2) is 56.6 Å². The summed E-state index contributed by atoms with van der Waals surface area (Å²) in [5, 5.41) is 0. The van der Waals surface area contributed by atoms with Gasteiger partial charge in [-0.1, -0.05) is 30.3 Å². The van der Waals surface area contributed by atoms with Crippen molar-refractivity contribution in [2.75, 3.05) is 25.9 Å². The van der Waals surface area contributed by atoms with Crippen molar-refractivity contribution in [3.63, 3.8) is 0 Å². The molecule has 0 spiro atoms. The standard InChI is InChI=1S/C21H24F2N2O4S/c1-30(27,28)18-8-6-16(7-9-18)14-24-11-10-20(26)25(13-12-24)15-17-4-2-3-5-19(17)29-21(22)23/h2-9,21H,10-15H2,1H3. The van der Waals surface area contributed by atoms with Gasteiger partial charge in [0.05, 0.1) is 4.90 Å². The van der Waals surface area contributed by atoms with Crippen LogP contribution in [0.15, 0.2) is 53.4 Å². The van der Waals surface area contributed by atoms with Gasteiger partial charge in [0, 0.05) is 51.0 Å². The van der Waals surface area contributed by atoms with Crippen LogP contribution in [0.1, 0.15) is 17.5 Å². The fourth-order valence-corrected chi connectivity index (χ4v) is 4.02. The van der Waals surface area contributed by atoms with Gasteiger partial charge in [-0.15, -0.1) is 0 Å². The molecule has 6 nitrogen and oxygen atoms in total. The van der Waals surface area contributed by atoms with E-state index in [1.54, 1.807) is 47.4 Å². The molecule has 1 fully saturated rings. The second-order valence-electron chi connectivity index (χ2n) is 7.24. The van der Waals surface area contributed by atoms with Gasteiger partial charge >= 0.3 is 6.61 Å². The summed E-state index contributed by atoms with van der Waals surface area (Å²) in [6.45, 7) is -0.468. The van der Waals surface area contributed by atoms with Gasteiger partial charge in [0.15, 0.2) is 9.84 Å². The van der Waals surface area contributed by atoms with Crippen molar-refractivity contribution in [1.29, 1.82) is 0 Å². The first-order valence-electron chi connectivity index (χ1n) is 9.54. The molecule has 0 unspecified atom stereocenters. The molecule has 162 valence electrons. The average molecular weight is 438 g/mol. The molecule has 1 aliphatic rings. The Bertz CT molecular complexity index is 981. The Labute approximate surface area is 175 Å². The Morgan fingerprint density at radius 3 is 2.37 bits per heavy atom. The monoisotopic (exact) mass is 438 g/mol. The number of alkyl halides is 2. The van der Waals surface area contributed by atoms with Crippen LogP contribution in [0.25, 0.3) is 0 Å². The summed E-state index contributed by atoms with van der Waals surface area (Å²) in [4.78, 5) is 16.6. The van der Waals surface area contributed by atoms with Crippen molar-refractivity contribution in [3.05, 3.63) is 59.7 Å². The van der Waals surface area contributed by atoms with Crippen LogP contribution in [0, 0.1) is 0 Å². The van der Waals surface area contributed by atoms with E-state index in [-0.39, 0.29) is 23.1 Å². The molecule has 0 aromatic heterocycles. The van der Waals surface area contributed by atoms with Crippen molar-refractivity contribution in [2.45, 2.75) is 31.0 Å². The predicted molar refractivity (Wildman–Crippen MR) is 108 cm³/mol. The second kappa shape index (κ2) is 9.53. The summed E-state index contributed by atoms with van der Waals surface area (Å²) in [5.41, 5.74) is 1.50. The number of amides is 1. The minimum absolute atomic E-state index is 0.0447. The van der Waals surface area contributed by atoms with E-state index in [1.165, 1.54) is 12.3 Å². The summed E-state index contributed by atoms with van der Waals surface area (Å²) < 4.78 is 53.0. The van der Waals surface area contributed by atoms with Gasteiger partial charge in [-0.2, -0.15) is 8.78 Å². The first-order valence-corrected chi connectivity index (χ1v) is 11.4. The van der Waals surface area contributed by atoms with Crippen LogP contribution in [0.3, 0.4) is 0 Å². The van der Waals surface area contributed by atoms with Crippen molar-refractivity contribution >= 4 is 15.7 Å². The maximum Gasteiger partial charge on any atom is 0.387 e. The first-order chi connectivity index (χ1) is 14.2. The third-order valence-corrected chi connectivity index (χ3v) is 6.12. The number of nitrogens with zero attached hydrogens (tertiary/aromatic N) is 2. The number of benzene rings is 2. The largest absolute Gasteiger partial charge is 0.434 e. The maximum atomic E-state index is 12.6. The molecule has 0 saturated carbocycles. The lowest BCUT2D eigenvalue weighted by Crippen LogP contribution is -2.33. The molecule has 2 aromatic carbocycles. The van der Waals surface area contributed by atoms with E-state index in [4.69, 9.17) is 0 Å². The Morgan fingerprint density at radius 1 is 1.00 bits per heavy atom. The molecule has 2 aromatic rings. The van der Waals surface area contributed by atoms with Crippen molar-refractivity contribution in [2.24, 2.45) is 0 Å². The summed E-state index contributed by atoms with van der Waals surface area (Å²) in [6.07, 6.45) is 1.49. The number of carbonyl (C=O) groups is 1. The number of carbonyl (C=O) groups excluding carboxylic acids is 1. The molecule has 9 heteroatoms. The normalized spacial score (nSPS) is 16.0. The molecule has 0 N–H and O–H groups in total. The number of rotatable bonds is 7. The second-order valence-corrected chi connectivity index (χ2v) is 9.26. The van der Waals surface area contributed by atoms with Gasteiger partial charge in [0.1, 0.15) is 5.75 Å². The highest BCUT2D eigenvalue weighted by Gasteiger charge is 2.22. The van der Waals surface area contributed by atoms with Gasteiger partial charge in [-0.05, 0) is 23.8 Å². The summed E-state index contributed by atoms with van der Waals surface area (Å²) in [5.74, 6) is 0.0316. The van der Waals surface area contributed by atoms with E-state index in [1.807, 2.05) is 0 Å². The number of sulfone groups is 1. The van der Waals surface area contributed by atoms with Gasteiger partial charge in [0.2, 0.25) is 5.91 Å². The zero-order chi connectivity index (χ0) is 21.7. The molecule has 3 rings (SSSR count). The lowest BCUT2D eigenvalue weighted by Gasteiger charge is -2.23. The molecule has 1 heterocycles. The molecule has 0 atom stereocenters. The van der Waals surface area contributed by atoms with E-state index < -0.39 is 16.4 Å². The lowest BCUT2D eigenvalue weighted by molar-refractivity contribution is -0.131. The molecule has 1 amide bonds. The van der Waals surface area contributed by atoms with E-state index in [2.05, 4.69) is 9.64 Å².